The van der Waals surface area contributed by atoms with Crippen LogP contribution >= 0.6 is 0 Å². The number of amides is 1. The Hall–Kier alpha value is -1.14. The van der Waals surface area contributed by atoms with Crippen LogP contribution in [0.4, 0.5) is 0 Å². The van der Waals surface area contributed by atoms with Gasteiger partial charge in [-0.25, -0.2) is 0 Å². The standard InChI is InChI=1S/C13H26N2O4/c1-13(2,3)8-10(7-12(17)18)15-11(16)9-14-5-6-19-4/h10,14H,5-9H2,1-4H3,(H,15,16)(H,17,18). The lowest BCUT2D eigenvalue weighted by Gasteiger charge is -2.25. The van der Waals surface area contributed by atoms with Gasteiger partial charge >= 0.3 is 5.97 Å². The Labute approximate surface area is 114 Å². The second kappa shape index (κ2) is 8.87. The first-order valence-electron chi connectivity index (χ1n) is 6.45. The normalized spacial score (nSPS) is 13.1. The molecule has 0 aliphatic carbocycles. The number of ether oxygens (including phenoxy) is 1. The monoisotopic (exact) mass is 274 g/mol. The predicted molar refractivity (Wildman–Crippen MR) is 73.0 cm³/mol. The maximum absolute atomic E-state index is 11.7. The fourth-order valence-corrected chi connectivity index (χ4v) is 1.78. The number of hydrogen-bond donors (Lipinski definition) is 3. The lowest BCUT2D eigenvalue weighted by atomic mass is 9.87. The van der Waals surface area contributed by atoms with Crippen LogP contribution in [0, 0.1) is 5.41 Å². The van der Waals surface area contributed by atoms with E-state index in [4.69, 9.17) is 9.84 Å². The van der Waals surface area contributed by atoms with Gasteiger partial charge in [-0.3, -0.25) is 9.59 Å². The largest absolute Gasteiger partial charge is 0.481 e. The topological polar surface area (TPSA) is 87.7 Å². The molecule has 0 aromatic rings. The van der Waals surface area contributed by atoms with E-state index >= 15 is 0 Å². The fraction of sp³-hybridized carbons (Fsp3) is 0.846. The first-order chi connectivity index (χ1) is 8.74. The van der Waals surface area contributed by atoms with Crippen molar-refractivity contribution in [2.24, 2.45) is 5.41 Å². The van der Waals surface area contributed by atoms with Gasteiger partial charge in [0, 0.05) is 19.7 Å². The van der Waals surface area contributed by atoms with E-state index in [1.165, 1.54) is 0 Å². The van der Waals surface area contributed by atoms with Gasteiger partial charge in [0.15, 0.2) is 0 Å². The average Bonchev–Trinajstić information content (AvgIpc) is 2.20. The van der Waals surface area contributed by atoms with E-state index < -0.39 is 5.97 Å². The summed E-state index contributed by atoms with van der Waals surface area (Å²) in [5.41, 5.74) is -0.0309. The first-order valence-corrected chi connectivity index (χ1v) is 6.45. The maximum Gasteiger partial charge on any atom is 0.305 e. The fourth-order valence-electron chi connectivity index (χ4n) is 1.78. The Morgan fingerprint density at radius 1 is 1.32 bits per heavy atom. The molecule has 0 fully saturated rings. The van der Waals surface area contributed by atoms with E-state index in [0.29, 0.717) is 19.6 Å². The van der Waals surface area contributed by atoms with Crippen LogP contribution in [0.15, 0.2) is 0 Å². The van der Waals surface area contributed by atoms with Gasteiger partial charge in [-0.2, -0.15) is 0 Å². The summed E-state index contributed by atoms with van der Waals surface area (Å²) in [7, 11) is 1.59. The molecule has 0 aliphatic heterocycles. The highest BCUT2D eigenvalue weighted by molar-refractivity contribution is 5.79. The Kier molecular flexibility index (Phi) is 8.34. The van der Waals surface area contributed by atoms with Crippen molar-refractivity contribution in [2.45, 2.75) is 39.7 Å². The summed E-state index contributed by atoms with van der Waals surface area (Å²) in [6.07, 6.45) is 0.574. The molecule has 0 rings (SSSR count). The molecule has 0 aromatic carbocycles. The second-order valence-electron chi connectivity index (χ2n) is 5.80. The van der Waals surface area contributed by atoms with Crippen molar-refractivity contribution >= 4 is 11.9 Å². The summed E-state index contributed by atoms with van der Waals surface area (Å²) in [4.78, 5) is 22.5. The predicted octanol–water partition coefficient (Wildman–Crippen LogP) is 0.618. The van der Waals surface area contributed by atoms with Gasteiger partial charge < -0.3 is 20.5 Å². The van der Waals surface area contributed by atoms with Crippen molar-refractivity contribution in [3.05, 3.63) is 0 Å². The van der Waals surface area contributed by atoms with Gasteiger partial charge in [0.25, 0.3) is 0 Å². The molecule has 0 aromatic heterocycles. The first kappa shape index (κ1) is 17.9. The van der Waals surface area contributed by atoms with Gasteiger partial charge in [0.2, 0.25) is 5.91 Å². The zero-order valence-electron chi connectivity index (χ0n) is 12.3. The molecular formula is C13H26N2O4. The molecule has 0 spiro atoms. The molecule has 1 unspecified atom stereocenters. The average molecular weight is 274 g/mol. The third kappa shape index (κ3) is 11.7. The highest BCUT2D eigenvalue weighted by Gasteiger charge is 2.22. The molecule has 1 atom stereocenters. The van der Waals surface area contributed by atoms with E-state index in [-0.39, 0.29) is 30.3 Å². The number of nitrogens with one attached hydrogen (secondary N) is 2. The lowest BCUT2D eigenvalue weighted by Crippen LogP contribution is -2.43. The van der Waals surface area contributed by atoms with Crippen LogP contribution in [0.25, 0.3) is 0 Å². The number of carboxylic acid groups (broad SMARTS) is 1. The number of hydrogen-bond acceptors (Lipinski definition) is 4. The molecule has 19 heavy (non-hydrogen) atoms. The SMILES string of the molecule is COCCNCC(=O)NC(CC(=O)O)CC(C)(C)C. The Morgan fingerprint density at radius 2 is 1.95 bits per heavy atom. The molecule has 0 radical (unpaired) electrons. The van der Waals surface area contributed by atoms with Crippen LogP contribution in [0.5, 0.6) is 0 Å². The summed E-state index contributed by atoms with van der Waals surface area (Å²) in [5.74, 6) is -1.09. The number of aliphatic carboxylic acids is 1. The lowest BCUT2D eigenvalue weighted by molar-refractivity contribution is -0.137. The van der Waals surface area contributed by atoms with Gasteiger partial charge in [-0.15, -0.1) is 0 Å². The summed E-state index contributed by atoms with van der Waals surface area (Å²) >= 11 is 0. The Bertz CT molecular complexity index is 287. The molecule has 0 aliphatic rings. The molecule has 0 bridgehead atoms. The number of methoxy groups -OCH3 is 1. The summed E-state index contributed by atoms with van der Waals surface area (Å²) in [6, 6.07) is -0.339. The Balaban J connectivity index is 4.15. The molecule has 6 nitrogen and oxygen atoms in total. The Morgan fingerprint density at radius 3 is 2.42 bits per heavy atom. The third-order valence-corrected chi connectivity index (χ3v) is 2.41. The summed E-state index contributed by atoms with van der Waals surface area (Å²) in [6.45, 7) is 7.35. The molecule has 0 saturated heterocycles. The molecule has 0 saturated carbocycles. The maximum atomic E-state index is 11.7. The molecule has 0 heterocycles. The number of carbonyl (C=O) groups is 2. The summed E-state index contributed by atoms with van der Waals surface area (Å²) in [5, 5.41) is 14.5. The van der Waals surface area contributed by atoms with Gasteiger partial charge in [-0.05, 0) is 11.8 Å². The van der Waals surface area contributed by atoms with E-state index in [1.54, 1.807) is 7.11 Å². The van der Waals surface area contributed by atoms with Crippen LogP contribution in [0.2, 0.25) is 0 Å². The van der Waals surface area contributed by atoms with Crippen molar-refractivity contribution in [1.29, 1.82) is 0 Å². The van der Waals surface area contributed by atoms with Crippen LogP contribution in [-0.4, -0.2) is 49.8 Å². The van der Waals surface area contributed by atoms with Crippen LogP contribution < -0.4 is 10.6 Å². The van der Waals surface area contributed by atoms with Crippen LogP contribution in [0.3, 0.4) is 0 Å². The minimum atomic E-state index is -0.901. The van der Waals surface area contributed by atoms with Crippen molar-refractivity contribution in [3.63, 3.8) is 0 Å². The zero-order chi connectivity index (χ0) is 14.9. The van der Waals surface area contributed by atoms with Crippen molar-refractivity contribution in [3.8, 4) is 0 Å². The highest BCUT2D eigenvalue weighted by Crippen LogP contribution is 2.22. The van der Waals surface area contributed by atoms with Crippen LogP contribution in [0.1, 0.15) is 33.6 Å². The van der Waals surface area contributed by atoms with Crippen molar-refractivity contribution < 1.29 is 19.4 Å². The van der Waals surface area contributed by atoms with Gasteiger partial charge in [-0.1, -0.05) is 20.8 Å². The number of rotatable bonds is 9. The minimum Gasteiger partial charge on any atom is -0.481 e. The summed E-state index contributed by atoms with van der Waals surface area (Å²) < 4.78 is 4.85. The van der Waals surface area contributed by atoms with Crippen LogP contribution in [-0.2, 0) is 14.3 Å². The highest BCUT2D eigenvalue weighted by atomic mass is 16.5. The second-order valence-corrected chi connectivity index (χ2v) is 5.80. The molecular weight excluding hydrogens is 248 g/mol. The number of carbonyl (C=O) groups excluding carboxylic acids is 1. The zero-order valence-corrected chi connectivity index (χ0v) is 12.3. The molecule has 1 amide bonds. The van der Waals surface area contributed by atoms with E-state index in [9.17, 15) is 9.59 Å². The van der Waals surface area contributed by atoms with Gasteiger partial charge in [0.1, 0.15) is 0 Å². The minimum absolute atomic E-state index is 0.0309. The van der Waals surface area contributed by atoms with Crippen molar-refractivity contribution in [2.75, 3.05) is 26.8 Å². The van der Waals surface area contributed by atoms with Gasteiger partial charge in [0.05, 0.1) is 19.6 Å². The van der Waals surface area contributed by atoms with E-state index in [2.05, 4.69) is 10.6 Å². The van der Waals surface area contributed by atoms with E-state index in [0.717, 1.165) is 0 Å². The van der Waals surface area contributed by atoms with Crippen molar-refractivity contribution in [1.82, 2.24) is 10.6 Å². The third-order valence-electron chi connectivity index (χ3n) is 2.41. The van der Waals surface area contributed by atoms with E-state index in [1.807, 2.05) is 20.8 Å². The molecule has 6 heteroatoms. The smallest absolute Gasteiger partial charge is 0.305 e. The number of carboxylic acids is 1. The molecule has 112 valence electrons. The molecule has 3 N–H and O–H groups in total. The quantitative estimate of drug-likeness (QED) is 0.536.